The zero-order valence-electron chi connectivity index (χ0n) is 45.2. The molecule has 0 aliphatic carbocycles. The van der Waals surface area contributed by atoms with Crippen molar-refractivity contribution in [2.24, 2.45) is 0 Å². The number of carbonyl (C=O) groups is 1. The van der Waals surface area contributed by atoms with Crippen LogP contribution in [0.3, 0.4) is 0 Å². The van der Waals surface area contributed by atoms with Crippen LogP contribution < -0.4 is 18.9 Å². The van der Waals surface area contributed by atoms with Crippen molar-refractivity contribution in [3.05, 3.63) is 186 Å². The number of hydrogen-bond acceptors (Lipinski definition) is 16. The van der Waals surface area contributed by atoms with Crippen LogP contribution in [0.2, 0.25) is 0 Å². The molecule has 0 saturated heterocycles. The van der Waals surface area contributed by atoms with Gasteiger partial charge in [-0.05, 0) is 147 Å². The van der Waals surface area contributed by atoms with Gasteiger partial charge in [-0.15, -0.1) is 6.58 Å². The molecule has 0 bridgehead atoms. The maximum absolute atomic E-state index is 11.0. The van der Waals surface area contributed by atoms with Gasteiger partial charge in [-0.25, -0.2) is 24.3 Å². The first-order chi connectivity index (χ1) is 38.2. The fourth-order valence-electron chi connectivity index (χ4n) is 7.52. The van der Waals surface area contributed by atoms with Crippen LogP contribution in [0.4, 0.5) is 0 Å². The van der Waals surface area contributed by atoms with E-state index >= 15 is 0 Å². The summed E-state index contributed by atoms with van der Waals surface area (Å²) in [5.41, 5.74) is 5.36. The summed E-state index contributed by atoms with van der Waals surface area (Å²) in [6, 6.07) is 36.9. The van der Waals surface area contributed by atoms with Gasteiger partial charge in [0.2, 0.25) is 6.79 Å². The van der Waals surface area contributed by atoms with Crippen LogP contribution in [0, 0.1) is 18.3 Å². The van der Waals surface area contributed by atoms with Gasteiger partial charge in [0.05, 0.1) is 44.7 Å². The van der Waals surface area contributed by atoms with E-state index < -0.39 is 12.2 Å². The van der Waals surface area contributed by atoms with E-state index in [1.807, 2.05) is 97.9 Å². The van der Waals surface area contributed by atoms with Crippen LogP contribution in [-0.4, -0.2) is 89.8 Å². The molecule has 0 heterocycles. The van der Waals surface area contributed by atoms with Gasteiger partial charge >= 0.3 is 5.97 Å². The quantitative estimate of drug-likeness (QED) is 0.00550. The highest BCUT2D eigenvalue weighted by Crippen LogP contribution is 2.31. The molecule has 5 rings (SSSR count). The van der Waals surface area contributed by atoms with Crippen LogP contribution in [0.5, 0.6) is 23.0 Å². The third-order valence-corrected chi connectivity index (χ3v) is 11.8. The number of benzene rings is 5. The summed E-state index contributed by atoms with van der Waals surface area (Å²) in [5, 5.41) is 28.0. The first-order valence-corrected chi connectivity index (χ1v) is 26.3. The van der Waals surface area contributed by atoms with E-state index in [2.05, 4.69) is 30.7 Å². The smallest absolute Gasteiger partial charge is 0.330 e. The standard InChI is InChI=1S/C39H50O10.C23H27NO5/c1-4-24-47-48-28-13-9-8-11-26-43-35-19-21-36(22-20-35)45-30-46-37-23-16-33(29-31(37)3)39(49-41)32-14-17-34(18-15-32)42-25-10-6-7-12-27-44-38(40)5-2;1-18(28-16-4-15-27-14-3-13-26-2)20-9-11-22(12-10-20)23(29-25)21-7-5-19(17-24)6-8-21/h4-5,14-23,29,39,41H,1-2,6-13,24-28,30H2,3H3;5-12,23,25H,1,3-4,13-16H2,2H3. The van der Waals surface area contributed by atoms with Gasteiger partial charge in [0, 0.05) is 45.0 Å². The molecule has 2 unspecified atom stereocenters. The molecule has 0 aromatic heterocycles. The number of aryl methyl sites for hydroxylation is 1. The van der Waals surface area contributed by atoms with Crippen LogP contribution in [0.15, 0.2) is 147 Å². The molecule has 0 fully saturated rings. The number of nitrogens with zero attached hydrogens (tertiary/aromatic N) is 1. The van der Waals surface area contributed by atoms with Gasteiger partial charge in [0.1, 0.15) is 47.6 Å². The summed E-state index contributed by atoms with van der Waals surface area (Å²) >= 11 is 0. The lowest BCUT2D eigenvalue weighted by molar-refractivity contribution is -0.286. The molecule has 0 aliphatic rings. The second-order valence-electron chi connectivity index (χ2n) is 17.7. The molecule has 5 aromatic rings. The summed E-state index contributed by atoms with van der Waals surface area (Å²) < 4.78 is 44.4. The minimum absolute atomic E-state index is 0.0370. The Morgan fingerprint density at radius 3 is 1.62 bits per heavy atom. The molecule has 16 nitrogen and oxygen atoms in total. The monoisotopic (exact) mass is 1080 g/mol. The molecule has 0 aliphatic heterocycles. The molecule has 0 spiro atoms. The summed E-state index contributed by atoms with van der Waals surface area (Å²) in [6.45, 7) is 18.1. The summed E-state index contributed by atoms with van der Waals surface area (Å²) in [5.74, 6) is 3.05. The Morgan fingerprint density at radius 2 is 1.06 bits per heavy atom. The SMILES string of the molecule is C=C(OCCCOCCCOC)c1ccc(C(OO)c2ccc(C#N)cc2)cc1.C=CCOOCCCCCCOc1ccc(OCOc2ccc(C(OO)c3ccc(OCCCCCCOC(=O)C=C)cc3)cc2C)cc1. The fourth-order valence-corrected chi connectivity index (χ4v) is 7.52. The van der Waals surface area contributed by atoms with Crippen molar-refractivity contribution in [2.45, 2.75) is 83.3 Å². The van der Waals surface area contributed by atoms with Gasteiger partial charge in [-0.3, -0.25) is 10.5 Å². The average molecular weight is 1080 g/mol. The van der Waals surface area contributed by atoms with Crippen molar-refractivity contribution in [3.8, 4) is 29.1 Å². The lowest BCUT2D eigenvalue weighted by Gasteiger charge is -2.17. The Bertz CT molecular complexity index is 2480. The molecule has 5 aromatic carbocycles. The minimum Gasteiger partial charge on any atom is -0.494 e. The van der Waals surface area contributed by atoms with Crippen molar-refractivity contribution in [1.82, 2.24) is 0 Å². The predicted molar refractivity (Wildman–Crippen MR) is 297 cm³/mol. The molecule has 2 N–H and O–H groups in total. The highest BCUT2D eigenvalue weighted by Gasteiger charge is 2.18. The highest BCUT2D eigenvalue weighted by atomic mass is 17.2. The Balaban J connectivity index is 0.000000384. The second kappa shape index (κ2) is 39.3. The van der Waals surface area contributed by atoms with Gasteiger partial charge in [0.25, 0.3) is 0 Å². The number of methoxy groups -OCH3 is 1. The largest absolute Gasteiger partial charge is 0.494 e. The molecule has 2 atom stereocenters. The first-order valence-electron chi connectivity index (χ1n) is 26.3. The Labute approximate surface area is 460 Å². The zero-order chi connectivity index (χ0) is 55.8. The molecular formula is C62H77NO15. The third kappa shape index (κ3) is 25.0. The topological polar surface area (TPSA) is 192 Å². The first kappa shape index (κ1) is 63.5. The van der Waals surface area contributed by atoms with E-state index in [4.69, 9.17) is 57.8 Å². The summed E-state index contributed by atoms with van der Waals surface area (Å²) in [4.78, 5) is 30.5. The van der Waals surface area contributed by atoms with Crippen LogP contribution in [0.1, 0.15) is 115 Å². The third-order valence-electron chi connectivity index (χ3n) is 11.8. The number of hydrogen-bond donors (Lipinski definition) is 2. The zero-order valence-corrected chi connectivity index (χ0v) is 45.2. The molecule has 0 radical (unpaired) electrons. The van der Waals surface area contributed by atoms with E-state index in [9.17, 15) is 15.3 Å². The predicted octanol–water partition coefficient (Wildman–Crippen LogP) is 13.3. The van der Waals surface area contributed by atoms with Gasteiger partial charge in [-0.1, -0.05) is 80.3 Å². The number of carbonyl (C=O) groups excluding carboxylic acids is 1. The van der Waals surface area contributed by atoms with Crippen molar-refractivity contribution < 1.29 is 72.8 Å². The van der Waals surface area contributed by atoms with Crippen LogP contribution in [-0.2, 0) is 43.3 Å². The Kier molecular flexibility index (Phi) is 32.0. The van der Waals surface area contributed by atoms with E-state index in [1.165, 1.54) is 6.08 Å². The van der Waals surface area contributed by atoms with Crippen molar-refractivity contribution in [1.29, 1.82) is 5.26 Å². The number of ether oxygens (including phenoxy) is 8. The number of rotatable bonds is 40. The molecule has 420 valence electrons. The Morgan fingerprint density at radius 1 is 0.564 bits per heavy atom. The maximum atomic E-state index is 11.0. The van der Waals surface area contributed by atoms with Gasteiger partial charge in [-0.2, -0.15) is 5.26 Å². The van der Waals surface area contributed by atoms with E-state index in [1.54, 1.807) is 37.5 Å². The number of nitriles is 1. The highest BCUT2D eigenvalue weighted by molar-refractivity contribution is 5.81. The van der Waals surface area contributed by atoms with E-state index in [0.29, 0.717) is 82.3 Å². The van der Waals surface area contributed by atoms with E-state index in [-0.39, 0.29) is 12.8 Å². The second-order valence-corrected chi connectivity index (χ2v) is 17.7. The molecule has 0 saturated carbocycles. The van der Waals surface area contributed by atoms with Crippen molar-refractivity contribution in [3.63, 3.8) is 0 Å². The minimum atomic E-state index is -0.670. The number of esters is 1. The van der Waals surface area contributed by atoms with Crippen LogP contribution >= 0.6 is 0 Å². The number of unbranched alkanes of at least 4 members (excludes halogenated alkanes) is 6. The van der Waals surface area contributed by atoms with Gasteiger partial charge in [0.15, 0.2) is 0 Å². The summed E-state index contributed by atoms with van der Waals surface area (Å²) in [6.07, 6.45) is 10.8. The molecule has 0 amide bonds. The fraction of sp³-hybridized carbons (Fsp3) is 0.387. The Hall–Kier alpha value is -7.04. The van der Waals surface area contributed by atoms with Crippen molar-refractivity contribution >= 4 is 11.7 Å². The van der Waals surface area contributed by atoms with Gasteiger partial charge < -0.3 is 37.9 Å². The summed E-state index contributed by atoms with van der Waals surface area (Å²) in [7, 11) is 1.68. The molecule has 16 heteroatoms. The average Bonchev–Trinajstić information content (AvgIpc) is 3.48. The van der Waals surface area contributed by atoms with Crippen LogP contribution in [0.25, 0.3) is 5.76 Å². The maximum Gasteiger partial charge on any atom is 0.330 e. The normalized spacial score (nSPS) is 11.5. The van der Waals surface area contributed by atoms with E-state index in [0.717, 1.165) is 109 Å². The molecular weight excluding hydrogens is 999 g/mol. The van der Waals surface area contributed by atoms with Crippen molar-refractivity contribution in [2.75, 3.05) is 73.4 Å². The lowest BCUT2D eigenvalue weighted by Crippen LogP contribution is -2.08. The lowest BCUT2D eigenvalue weighted by atomic mass is 9.99. The molecule has 78 heavy (non-hydrogen) atoms.